The van der Waals surface area contributed by atoms with Crippen molar-refractivity contribution in [2.45, 2.75) is 0 Å². The number of benzene rings is 4. The standard InChI is InChI=1S/C36H35N8OPS2.BrH.Cu/c1-37-35(47)43-42-33(34-38-23-14-24-39-34)32(28-15-6-2-7-16-28)41-44-36(48)40-25-26-45-27-46(29-17-8-3-9-18-29,30-19-10-4-11-20-30)31-21-12-5-13-22-31;;/h2-24H,25-27H2,1H3,(H3-,37,38,39,40,41,42,43,44,47,48);1H;/q;;+2/p-2. The minimum atomic E-state index is -2.11. The van der Waals surface area contributed by atoms with Gasteiger partial charge in [-0.05, 0) is 52.8 Å². The van der Waals surface area contributed by atoms with Gasteiger partial charge in [-0.3, -0.25) is 0 Å². The average Bonchev–Trinajstić information content (AvgIpc) is 3.16. The van der Waals surface area contributed by atoms with Crippen LogP contribution in [-0.2, 0) is 47.1 Å². The summed E-state index contributed by atoms with van der Waals surface area (Å²) < 4.78 is 6.45. The number of hydrogen-bond acceptors (Lipinski definition) is 9. The summed E-state index contributed by atoms with van der Waals surface area (Å²) in [6.07, 6.45) is 3.76. The first-order chi connectivity index (χ1) is 23.6. The molecular formula is C36H34BrCuN8OPS2. The van der Waals surface area contributed by atoms with Gasteiger partial charge in [0.2, 0.25) is 0 Å². The zero-order valence-electron chi connectivity index (χ0n) is 26.9. The van der Waals surface area contributed by atoms with Crippen molar-refractivity contribution in [1.82, 2.24) is 20.6 Å². The first-order valence-corrected chi connectivity index (χ1v) is 17.9. The van der Waals surface area contributed by atoms with Crippen molar-refractivity contribution in [1.29, 1.82) is 0 Å². The van der Waals surface area contributed by atoms with Crippen LogP contribution in [0.15, 0.2) is 160 Å². The van der Waals surface area contributed by atoms with Gasteiger partial charge < -0.3 is 57.6 Å². The summed E-state index contributed by atoms with van der Waals surface area (Å²) in [5, 5.41) is 27.3. The second kappa shape index (κ2) is 21.3. The van der Waals surface area contributed by atoms with Crippen molar-refractivity contribution in [2.24, 2.45) is 20.4 Å². The van der Waals surface area contributed by atoms with Crippen LogP contribution < -0.4 is 43.5 Å². The Hall–Kier alpha value is -3.93. The van der Waals surface area contributed by atoms with E-state index >= 15 is 0 Å². The number of ether oxygens (including phenoxy) is 1. The molecule has 5 aromatic rings. The van der Waals surface area contributed by atoms with E-state index < -0.39 is 7.26 Å². The van der Waals surface area contributed by atoms with E-state index in [1.54, 1.807) is 25.5 Å². The number of hydrogen-bond donors (Lipinski definition) is 2. The number of nitrogens with one attached hydrogen (secondary N) is 2. The van der Waals surface area contributed by atoms with Crippen LogP contribution in [0.3, 0.4) is 0 Å². The Balaban J connectivity index is 0.00000338. The average molecular weight is 833 g/mol. The molecule has 1 radical (unpaired) electrons. The van der Waals surface area contributed by atoms with Gasteiger partial charge in [-0.1, -0.05) is 84.9 Å². The molecule has 0 aliphatic carbocycles. The fourth-order valence-corrected chi connectivity index (χ4v) is 8.85. The second-order valence-corrected chi connectivity index (χ2v) is 14.4. The van der Waals surface area contributed by atoms with Gasteiger partial charge in [0, 0.05) is 31.5 Å². The van der Waals surface area contributed by atoms with Crippen LogP contribution in [0, 0.1) is 0 Å². The molecular weight excluding hydrogens is 799 g/mol. The smallest absolute Gasteiger partial charge is 1.00 e. The molecule has 0 amide bonds. The molecule has 9 nitrogen and oxygen atoms in total. The third-order valence-electron chi connectivity index (χ3n) is 7.14. The molecule has 1 heterocycles. The van der Waals surface area contributed by atoms with Gasteiger partial charge in [0.25, 0.3) is 0 Å². The third-order valence-corrected chi connectivity index (χ3v) is 11.8. The monoisotopic (exact) mass is 831 g/mol. The van der Waals surface area contributed by atoms with Gasteiger partial charge in [0.05, 0.1) is 6.61 Å². The summed E-state index contributed by atoms with van der Waals surface area (Å²) in [6, 6.07) is 43.0. The van der Waals surface area contributed by atoms with E-state index in [1.807, 2.05) is 48.5 Å². The number of aromatic nitrogens is 2. The van der Waals surface area contributed by atoms with E-state index in [1.165, 1.54) is 15.9 Å². The van der Waals surface area contributed by atoms with E-state index in [-0.39, 0.29) is 50.1 Å². The molecule has 0 aliphatic rings. The summed E-state index contributed by atoms with van der Waals surface area (Å²) in [5.74, 6) is 0.312. The molecule has 0 atom stereocenters. The Kier molecular flexibility index (Phi) is 17.3. The maximum Gasteiger partial charge on any atom is 2.00 e. The number of rotatable bonds is 13. The maximum atomic E-state index is 6.45. The molecule has 5 rings (SSSR count). The molecule has 2 N–H and O–H groups in total. The van der Waals surface area contributed by atoms with E-state index in [2.05, 4.69) is 114 Å². The maximum absolute atomic E-state index is 6.45. The predicted molar refractivity (Wildman–Crippen MR) is 204 cm³/mol. The zero-order chi connectivity index (χ0) is 33.4. The summed E-state index contributed by atoms with van der Waals surface area (Å²) in [6.45, 7) is 0.843. The third kappa shape index (κ3) is 10.8. The Morgan fingerprint density at radius 3 is 1.60 bits per heavy atom. The number of nitrogens with zero attached hydrogens (tertiary/aromatic N) is 6. The normalized spacial score (nSPS) is 12.3. The topological polar surface area (TPSA) is 109 Å². The van der Waals surface area contributed by atoms with Gasteiger partial charge in [-0.15, -0.1) is 10.2 Å². The second-order valence-electron chi connectivity index (χ2n) is 10.2. The van der Waals surface area contributed by atoms with Crippen LogP contribution in [0.4, 0.5) is 0 Å². The SMILES string of the molecule is CNC([S-])=NN=C(C(=NN=C([S-])NCCOC[P+](c1ccccc1)(c1ccccc1)c1ccccc1)c1ccccc1)c1ncccn1.[Br-].[Cu+2]. The fraction of sp³-hybridized carbons (Fsp3) is 0.111. The molecule has 259 valence electrons. The molecule has 0 saturated heterocycles. The van der Waals surface area contributed by atoms with Gasteiger partial charge >= 0.3 is 17.1 Å². The van der Waals surface area contributed by atoms with Crippen LogP contribution in [0.25, 0.3) is 0 Å². The quantitative estimate of drug-likeness (QED) is 0.0349. The van der Waals surface area contributed by atoms with Crippen molar-refractivity contribution in [2.75, 3.05) is 26.5 Å². The number of amidine groups is 2. The first kappa shape index (κ1) is 40.5. The molecule has 0 aliphatic heterocycles. The van der Waals surface area contributed by atoms with Crippen molar-refractivity contribution in [3.05, 3.63) is 151 Å². The molecule has 0 bridgehead atoms. The Bertz CT molecular complexity index is 1760. The molecule has 0 saturated carbocycles. The molecule has 50 heavy (non-hydrogen) atoms. The molecule has 1 aromatic heterocycles. The Morgan fingerprint density at radius 2 is 1.10 bits per heavy atom. The van der Waals surface area contributed by atoms with Crippen molar-refractivity contribution < 1.29 is 38.8 Å². The molecule has 4 aromatic carbocycles. The van der Waals surface area contributed by atoms with Crippen LogP contribution in [0.2, 0.25) is 0 Å². The van der Waals surface area contributed by atoms with Crippen LogP contribution >= 0.6 is 7.26 Å². The molecule has 14 heteroatoms. The van der Waals surface area contributed by atoms with Gasteiger partial charge in [0.1, 0.15) is 28.9 Å². The van der Waals surface area contributed by atoms with E-state index in [9.17, 15) is 0 Å². The number of halogens is 1. The van der Waals surface area contributed by atoms with Gasteiger partial charge in [-0.25, -0.2) is 9.97 Å². The van der Waals surface area contributed by atoms with Gasteiger partial charge in [0.15, 0.2) is 17.9 Å². The van der Waals surface area contributed by atoms with E-state index in [0.717, 1.165) is 5.56 Å². The van der Waals surface area contributed by atoms with E-state index in [4.69, 9.17) is 30.0 Å². The summed E-state index contributed by atoms with van der Waals surface area (Å²) >= 11 is 10.7. The van der Waals surface area contributed by atoms with Crippen molar-refractivity contribution >= 4 is 70.2 Å². The van der Waals surface area contributed by atoms with E-state index in [0.29, 0.717) is 31.0 Å². The first-order valence-electron chi connectivity index (χ1n) is 15.1. The van der Waals surface area contributed by atoms with Crippen LogP contribution in [0.5, 0.6) is 0 Å². The minimum absolute atomic E-state index is 0. The molecule has 0 spiro atoms. The summed E-state index contributed by atoms with van der Waals surface area (Å²) in [7, 11) is -0.441. The Labute approximate surface area is 325 Å². The van der Waals surface area contributed by atoms with Gasteiger partial charge in [-0.2, -0.15) is 10.2 Å². The minimum Gasteiger partial charge on any atom is -1.00 e. The summed E-state index contributed by atoms with van der Waals surface area (Å²) in [5.41, 5.74) is 1.40. The molecule has 0 unspecified atom stereocenters. The molecule has 0 fully saturated rings. The summed E-state index contributed by atoms with van der Waals surface area (Å²) in [4.78, 5) is 8.72. The Morgan fingerprint density at radius 1 is 0.640 bits per heavy atom. The zero-order valence-corrected chi connectivity index (χ0v) is 32.0. The van der Waals surface area contributed by atoms with Crippen molar-refractivity contribution in [3.63, 3.8) is 0 Å². The van der Waals surface area contributed by atoms with Crippen LogP contribution in [0.1, 0.15) is 11.4 Å². The largest absolute Gasteiger partial charge is 2.00 e. The van der Waals surface area contributed by atoms with Crippen LogP contribution in [-0.4, -0.2) is 58.3 Å². The van der Waals surface area contributed by atoms with Crippen molar-refractivity contribution in [3.8, 4) is 0 Å². The predicted octanol–water partition coefficient (Wildman–Crippen LogP) is 1.17. The fourth-order valence-electron chi connectivity index (χ4n) is 4.88.